The predicted molar refractivity (Wildman–Crippen MR) is 122 cm³/mol. The maximum atomic E-state index is 6.13. The molecule has 1 atom stereocenters. The van der Waals surface area contributed by atoms with Crippen LogP contribution in [0.3, 0.4) is 0 Å². The van der Waals surface area contributed by atoms with E-state index in [1.165, 1.54) is 24.0 Å². The number of hydrogen-bond donors (Lipinski definition) is 1. The Morgan fingerprint density at radius 2 is 1.83 bits per heavy atom. The SMILES string of the molecule is CCCCCOCC(C=Cc1ccc(Cc2ncc[nH]2)cc1)OCc1ccccc1. The van der Waals surface area contributed by atoms with Crippen molar-refractivity contribution in [3.05, 3.63) is 95.6 Å². The van der Waals surface area contributed by atoms with Gasteiger partial charge in [0.25, 0.3) is 0 Å². The Hall–Kier alpha value is -2.69. The number of imidazole rings is 1. The highest BCUT2D eigenvalue weighted by Crippen LogP contribution is 2.12. The lowest BCUT2D eigenvalue weighted by Gasteiger charge is -2.15. The van der Waals surface area contributed by atoms with Gasteiger partial charge in [-0.25, -0.2) is 4.98 Å². The van der Waals surface area contributed by atoms with Gasteiger partial charge in [-0.1, -0.05) is 86.5 Å². The van der Waals surface area contributed by atoms with Gasteiger partial charge in [0.1, 0.15) is 5.82 Å². The molecule has 0 amide bonds. The first kappa shape index (κ1) is 22.0. The number of rotatable bonds is 13. The molecule has 0 saturated carbocycles. The minimum atomic E-state index is -0.0744. The van der Waals surface area contributed by atoms with Crippen molar-refractivity contribution in [1.82, 2.24) is 9.97 Å². The molecule has 4 nitrogen and oxygen atoms in total. The number of aromatic amines is 1. The van der Waals surface area contributed by atoms with E-state index in [4.69, 9.17) is 9.47 Å². The van der Waals surface area contributed by atoms with E-state index in [9.17, 15) is 0 Å². The molecule has 3 rings (SSSR count). The second kappa shape index (κ2) is 12.8. The lowest BCUT2D eigenvalue weighted by Crippen LogP contribution is -2.18. The van der Waals surface area contributed by atoms with Crippen LogP contribution < -0.4 is 0 Å². The van der Waals surface area contributed by atoms with Crippen LogP contribution in [0.1, 0.15) is 48.7 Å². The molecule has 30 heavy (non-hydrogen) atoms. The van der Waals surface area contributed by atoms with Crippen LogP contribution in [0, 0.1) is 0 Å². The van der Waals surface area contributed by atoms with Gasteiger partial charge in [0, 0.05) is 25.4 Å². The maximum absolute atomic E-state index is 6.13. The molecule has 2 aromatic carbocycles. The highest BCUT2D eigenvalue weighted by molar-refractivity contribution is 5.50. The molecule has 1 aromatic heterocycles. The molecule has 0 saturated heterocycles. The summed E-state index contributed by atoms with van der Waals surface area (Å²) in [5.74, 6) is 0.980. The Morgan fingerprint density at radius 1 is 1.00 bits per heavy atom. The molecule has 158 valence electrons. The van der Waals surface area contributed by atoms with Crippen molar-refractivity contribution in [2.45, 2.75) is 45.3 Å². The van der Waals surface area contributed by atoms with E-state index in [1.807, 2.05) is 24.4 Å². The number of unbranched alkanes of at least 4 members (excludes halogenated alkanes) is 2. The van der Waals surface area contributed by atoms with E-state index < -0.39 is 0 Å². The van der Waals surface area contributed by atoms with Gasteiger partial charge in [-0.3, -0.25) is 0 Å². The van der Waals surface area contributed by atoms with Crippen molar-refractivity contribution in [3.63, 3.8) is 0 Å². The summed E-state index contributed by atoms with van der Waals surface area (Å²) in [4.78, 5) is 7.43. The highest BCUT2D eigenvalue weighted by Gasteiger charge is 2.07. The molecule has 0 radical (unpaired) electrons. The number of benzene rings is 2. The number of hydrogen-bond acceptors (Lipinski definition) is 3. The van der Waals surface area contributed by atoms with Gasteiger partial charge >= 0.3 is 0 Å². The van der Waals surface area contributed by atoms with Crippen molar-refractivity contribution in [2.24, 2.45) is 0 Å². The van der Waals surface area contributed by atoms with Crippen molar-refractivity contribution in [1.29, 1.82) is 0 Å². The van der Waals surface area contributed by atoms with E-state index in [2.05, 4.69) is 65.4 Å². The predicted octanol–water partition coefficient (Wildman–Crippen LogP) is 5.81. The zero-order valence-corrected chi connectivity index (χ0v) is 17.8. The van der Waals surface area contributed by atoms with Crippen LogP contribution in [0.4, 0.5) is 0 Å². The first-order chi connectivity index (χ1) is 14.8. The third kappa shape index (κ3) is 7.97. The summed E-state index contributed by atoms with van der Waals surface area (Å²) in [5, 5.41) is 0. The summed E-state index contributed by atoms with van der Waals surface area (Å²) in [5.41, 5.74) is 3.56. The zero-order valence-electron chi connectivity index (χ0n) is 17.8. The van der Waals surface area contributed by atoms with E-state index in [1.54, 1.807) is 6.20 Å². The Labute approximate surface area is 180 Å². The molecule has 0 aliphatic heterocycles. The van der Waals surface area contributed by atoms with Crippen LogP contribution in [0.15, 0.2) is 73.1 Å². The molecule has 0 aliphatic carbocycles. The van der Waals surface area contributed by atoms with Gasteiger partial charge in [-0.15, -0.1) is 0 Å². The molecular formula is C26H32N2O2. The van der Waals surface area contributed by atoms with Crippen LogP contribution in [0.2, 0.25) is 0 Å². The summed E-state index contributed by atoms with van der Waals surface area (Å²) >= 11 is 0. The molecule has 0 bridgehead atoms. The van der Waals surface area contributed by atoms with E-state index >= 15 is 0 Å². The second-order valence-corrected chi connectivity index (χ2v) is 7.43. The number of ether oxygens (including phenoxy) is 2. The average molecular weight is 405 g/mol. The maximum Gasteiger partial charge on any atom is 0.110 e. The van der Waals surface area contributed by atoms with E-state index in [0.29, 0.717) is 13.2 Å². The molecule has 1 N–H and O–H groups in total. The lowest BCUT2D eigenvalue weighted by molar-refractivity contribution is -0.000243. The minimum Gasteiger partial charge on any atom is -0.378 e. The van der Waals surface area contributed by atoms with Gasteiger partial charge in [0.05, 0.1) is 19.3 Å². The van der Waals surface area contributed by atoms with Crippen molar-refractivity contribution in [3.8, 4) is 0 Å². The van der Waals surface area contributed by atoms with Crippen LogP contribution in [-0.2, 0) is 22.5 Å². The molecule has 3 aromatic rings. The summed E-state index contributed by atoms with van der Waals surface area (Å²) in [6.45, 7) is 4.14. The van der Waals surface area contributed by atoms with Gasteiger partial charge in [-0.05, 0) is 23.1 Å². The molecule has 1 unspecified atom stereocenters. The quantitative estimate of drug-likeness (QED) is 0.366. The van der Waals surface area contributed by atoms with Gasteiger partial charge < -0.3 is 14.5 Å². The number of aromatic nitrogens is 2. The number of nitrogens with one attached hydrogen (secondary N) is 1. The number of H-pyrrole nitrogens is 1. The summed E-state index contributed by atoms with van der Waals surface area (Å²) in [7, 11) is 0. The van der Waals surface area contributed by atoms with Gasteiger partial charge in [0.2, 0.25) is 0 Å². The van der Waals surface area contributed by atoms with E-state index in [-0.39, 0.29) is 6.10 Å². The number of nitrogens with zero attached hydrogens (tertiary/aromatic N) is 1. The third-order valence-corrected chi connectivity index (χ3v) is 4.89. The van der Waals surface area contributed by atoms with Crippen molar-refractivity contribution < 1.29 is 9.47 Å². The average Bonchev–Trinajstić information content (AvgIpc) is 3.30. The smallest absolute Gasteiger partial charge is 0.110 e. The van der Waals surface area contributed by atoms with Gasteiger partial charge in [-0.2, -0.15) is 0 Å². The largest absolute Gasteiger partial charge is 0.378 e. The normalized spacial score (nSPS) is 12.4. The van der Waals surface area contributed by atoms with Crippen molar-refractivity contribution in [2.75, 3.05) is 13.2 Å². The Kier molecular flexibility index (Phi) is 9.38. The minimum absolute atomic E-state index is 0.0744. The molecule has 0 spiro atoms. The second-order valence-electron chi connectivity index (χ2n) is 7.43. The first-order valence-electron chi connectivity index (χ1n) is 10.8. The lowest BCUT2D eigenvalue weighted by atomic mass is 10.1. The zero-order chi connectivity index (χ0) is 20.9. The monoisotopic (exact) mass is 404 g/mol. The first-order valence-corrected chi connectivity index (χ1v) is 10.8. The molecule has 4 heteroatoms. The van der Waals surface area contributed by atoms with Crippen LogP contribution in [0.5, 0.6) is 0 Å². The highest BCUT2D eigenvalue weighted by atomic mass is 16.5. The summed E-state index contributed by atoms with van der Waals surface area (Å²) < 4.78 is 12.0. The molecule has 1 heterocycles. The fourth-order valence-corrected chi connectivity index (χ4v) is 3.14. The summed E-state index contributed by atoms with van der Waals surface area (Å²) in [6.07, 6.45) is 12.1. The topological polar surface area (TPSA) is 47.1 Å². The van der Waals surface area contributed by atoms with E-state index in [0.717, 1.165) is 30.8 Å². The molecule has 0 aliphatic rings. The van der Waals surface area contributed by atoms with Crippen molar-refractivity contribution >= 4 is 6.08 Å². The third-order valence-electron chi connectivity index (χ3n) is 4.89. The Morgan fingerprint density at radius 3 is 2.57 bits per heavy atom. The van der Waals surface area contributed by atoms with Gasteiger partial charge in [0.15, 0.2) is 0 Å². The standard InChI is InChI=1S/C26H32N2O2/c1-2-3-7-18-29-21-25(30-20-24-8-5-4-6-9-24)15-14-22-10-12-23(13-11-22)19-26-27-16-17-28-26/h4-6,8-17,25H,2-3,7,18-21H2,1H3,(H,27,28). The molecule has 0 fully saturated rings. The van der Waals surface area contributed by atoms with Crippen LogP contribution >= 0.6 is 0 Å². The summed E-state index contributed by atoms with van der Waals surface area (Å²) in [6, 6.07) is 18.8. The Balaban J connectivity index is 1.55. The van der Waals surface area contributed by atoms with Crippen LogP contribution in [-0.4, -0.2) is 29.3 Å². The van der Waals surface area contributed by atoms with Crippen LogP contribution in [0.25, 0.3) is 6.08 Å². The Bertz CT molecular complexity index is 843. The fraction of sp³-hybridized carbons (Fsp3) is 0.346. The fourth-order valence-electron chi connectivity index (χ4n) is 3.14. The molecular weight excluding hydrogens is 372 g/mol.